The van der Waals surface area contributed by atoms with Gasteiger partial charge in [-0.05, 0) is 25.7 Å². The SMILES string of the molecule is CC(C)[C@H](N)C(=O)N[C@@H](C)C(=O)N1CCC[C@@H]1C(=O)O. The molecule has 3 atom stereocenters. The van der Waals surface area contributed by atoms with E-state index in [-0.39, 0.29) is 11.8 Å². The van der Waals surface area contributed by atoms with Crippen molar-refractivity contribution in [3.05, 3.63) is 0 Å². The second-order valence-electron chi connectivity index (χ2n) is 5.53. The Hall–Kier alpha value is -1.63. The maximum absolute atomic E-state index is 12.2. The number of carboxylic acid groups (broad SMARTS) is 1. The fraction of sp³-hybridized carbons (Fsp3) is 0.769. The van der Waals surface area contributed by atoms with E-state index >= 15 is 0 Å². The molecule has 0 radical (unpaired) electrons. The summed E-state index contributed by atoms with van der Waals surface area (Å²) >= 11 is 0. The lowest BCUT2D eigenvalue weighted by Gasteiger charge is -2.26. The third kappa shape index (κ3) is 3.69. The van der Waals surface area contributed by atoms with E-state index in [2.05, 4.69) is 5.32 Å². The Morgan fingerprint density at radius 3 is 2.40 bits per heavy atom. The molecule has 0 saturated carbocycles. The van der Waals surface area contributed by atoms with Crippen molar-refractivity contribution in [2.24, 2.45) is 11.7 Å². The minimum atomic E-state index is -1.01. The van der Waals surface area contributed by atoms with Crippen LogP contribution in [0.15, 0.2) is 0 Å². The predicted molar refractivity (Wildman–Crippen MR) is 72.8 cm³/mol. The van der Waals surface area contributed by atoms with E-state index in [1.165, 1.54) is 4.90 Å². The van der Waals surface area contributed by atoms with Gasteiger partial charge >= 0.3 is 5.97 Å². The van der Waals surface area contributed by atoms with Gasteiger partial charge in [-0.1, -0.05) is 13.8 Å². The van der Waals surface area contributed by atoms with Crippen molar-refractivity contribution in [2.75, 3.05) is 6.54 Å². The highest BCUT2D eigenvalue weighted by Crippen LogP contribution is 2.18. The van der Waals surface area contributed by atoms with Crippen LogP contribution in [0.1, 0.15) is 33.6 Å². The Bertz CT molecular complexity index is 397. The summed E-state index contributed by atoms with van der Waals surface area (Å²) < 4.78 is 0. The van der Waals surface area contributed by atoms with Gasteiger partial charge in [0.2, 0.25) is 11.8 Å². The van der Waals surface area contributed by atoms with Crippen LogP contribution in [0.2, 0.25) is 0 Å². The third-order valence-corrected chi connectivity index (χ3v) is 3.57. The first-order valence-electron chi connectivity index (χ1n) is 6.85. The molecule has 4 N–H and O–H groups in total. The smallest absolute Gasteiger partial charge is 0.326 e. The summed E-state index contributed by atoms with van der Waals surface area (Å²) in [4.78, 5) is 36.4. The molecule has 114 valence electrons. The monoisotopic (exact) mass is 285 g/mol. The molecule has 1 saturated heterocycles. The number of carbonyl (C=O) groups is 3. The molecule has 0 aromatic carbocycles. The number of hydrogen-bond donors (Lipinski definition) is 3. The van der Waals surface area contributed by atoms with Gasteiger partial charge in [-0.15, -0.1) is 0 Å². The number of amides is 2. The summed E-state index contributed by atoms with van der Waals surface area (Å²) in [5, 5.41) is 11.6. The number of nitrogens with one attached hydrogen (secondary N) is 1. The van der Waals surface area contributed by atoms with Crippen LogP contribution >= 0.6 is 0 Å². The van der Waals surface area contributed by atoms with Crippen molar-refractivity contribution in [3.8, 4) is 0 Å². The zero-order chi connectivity index (χ0) is 15.4. The third-order valence-electron chi connectivity index (χ3n) is 3.57. The number of likely N-dealkylation sites (tertiary alicyclic amines) is 1. The molecule has 0 bridgehead atoms. The minimum absolute atomic E-state index is 0.0316. The van der Waals surface area contributed by atoms with Gasteiger partial charge in [-0.25, -0.2) is 4.79 Å². The molecule has 0 aliphatic carbocycles. The first-order chi connectivity index (χ1) is 9.25. The van der Waals surface area contributed by atoms with Crippen molar-refractivity contribution in [1.29, 1.82) is 0 Å². The Labute approximate surface area is 118 Å². The van der Waals surface area contributed by atoms with Crippen molar-refractivity contribution in [3.63, 3.8) is 0 Å². The molecule has 1 aliphatic heterocycles. The fourth-order valence-electron chi connectivity index (χ4n) is 2.21. The standard InChI is InChI=1S/C13H23N3O4/c1-7(2)10(14)11(17)15-8(3)12(18)16-6-4-5-9(16)13(19)20/h7-10H,4-6,14H2,1-3H3,(H,15,17)(H,19,20)/t8-,9+,10-/m0/s1. The molecule has 1 fully saturated rings. The molecule has 7 nitrogen and oxygen atoms in total. The number of carbonyl (C=O) groups excluding carboxylic acids is 2. The average Bonchev–Trinajstić information content (AvgIpc) is 2.85. The van der Waals surface area contributed by atoms with E-state index in [4.69, 9.17) is 10.8 Å². The molecule has 1 heterocycles. The summed E-state index contributed by atoms with van der Waals surface area (Å²) in [6.45, 7) is 5.59. The quantitative estimate of drug-likeness (QED) is 0.633. The second kappa shape index (κ2) is 6.69. The van der Waals surface area contributed by atoms with Gasteiger partial charge in [-0.2, -0.15) is 0 Å². The van der Waals surface area contributed by atoms with Gasteiger partial charge < -0.3 is 21.1 Å². The lowest BCUT2D eigenvalue weighted by molar-refractivity contribution is -0.149. The number of nitrogens with zero attached hydrogens (tertiary/aromatic N) is 1. The van der Waals surface area contributed by atoms with Gasteiger partial charge in [-0.3, -0.25) is 9.59 Å². The number of hydrogen-bond acceptors (Lipinski definition) is 4. The topological polar surface area (TPSA) is 113 Å². The van der Waals surface area contributed by atoms with Crippen LogP contribution in [-0.4, -0.2) is 52.5 Å². The Morgan fingerprint density at radius 1 is 1.30 bits per heavy atom. The maximum atomic E-state index is 12.2. The van der Waals surface area contributed by atoms with E-state index in [0.29, 0.717) is 19.4 Å². The molecular weight excluding hydrogens is 262 g/mol. The molecule has 20 heavy (non-hydrogen) atoms. The van der Waals surface area contributed by atoms with Crippen LogP contribution in [0.4, 0.5) is 0 Å². The molecule has 1 rings (SSSR count). The summed E-state index contributed by atoms with van der Waals surface area (Å²) in [7, 11) is 0. The average molecular weight is 285 g/mol. The van der Waals surface area contributed by atoms with Crippen LogP contribution in [0, 0.1) is 5.92 Å². The van der Waals surface area contributed by atoms with Gasteiger partial charge in [0.15, 0.2) is 0 Å². The number of carboxylic acids is 1. The van der Waals surface area contributed by atoms with Crippen LogP contribution < -0.4 is 11.1 Å². The highest BCUT2D eigenvalue weighted by atomic mass is 16.4. The fourth-order valence-corrected chi connectivity index (χ4v) is 2.21. The van der Waals surface area contributed by atoms with E-state index in [9.17, 15) is 14.4 Å². The first kappa shape index (κ1) is 16.4. The van der Waals surface area contributed by atoms with E-state index in [1.807, 2.05) is 13.8 Å². The maximum Gasteiger partial charge on any atom is 0.326 e. The molecule has 0 aromatic heterocycles. The zero-order valence-electron chi connectivity index (χ0n) is 12.1. The summed E-state index contributed by atoms with van der Waals surface area (Å²) in [6.07, 6.45) is 1.11. The van der Waals surface area contributed by atoms with Gasteiger partial charge in [0.25, 0.3) is 0 Å². The largest absolute Gasteiger partial charge is 0.480 e. The Kier molecular flexibility index (Phi) is 5.50. The van der Waals surface area contributed by atoms with Crippen molar-refractivity contribution in [1.82, 2.24) is 10.2 Å². The van der Waals surface area contributed by atoms with Crippen LogP contribution in [-0.2, 0) is 14.4 Å². The Balaban J connectivity index is 2.63. The number of aliphatic carboxylic acids is 1. The zero-order valence-corrected chi connectivity index (χ0v) is 12.1. The Morgan fingerprint density at radius 2 is 1.90 bits per heavy atom. The summed E-state index contributed by atoms with van der Waals surface area (Å²) in [6, 6.07) is -2.24. The highest BCUT2D eigenvalue weighted by molar-refractivity contribution is 5.91. The molecule has 0 unspecified atom stereocenters. The van der Waals surface area contributed by atoms with Crippen molar-refractivity contribution in [2.45, 2.75) is 51.7 Å². The number of nitrogens with two attached hydrogens (primary N) is 1. The summed E-state index contributed by atoms with van der Waals surface area (Å²) in [5.74, 6) is -1.81. The normalized spacial score (nSPS) is 21.6. The van der Waals surface area contributed by atoms with Crippen LogP contribution in [0.5, 0.6) is 0 Å². The lowest BCUT2D eigenvalue weighted by Crippen LogP contribution is -2.54. The summed E-state index contributed by atoms with van der Waals surface area (Å²) in [5.41, 5.74) is 5.71. The van der Waals surface area contributed by atoms with Crippen molar-refractivity contribution >= 4 is 17.8 Å². The molecule has 0 aromatic rings. The molecule has 2 amide bonds. The highest BCUT2D eigenvalue weighted by Gasteiger charge is 2.36. The van der Waals surface area contributed by atoms with Crippen LogP contribution in [0.25, 0.3) is 0 Å². The molecular formula is C13H23N3O4. The predicted octanol–water partition coefficient (Wildman–Crippen LogP) is -0.450. The first-order valence-corrected chi connectivity index (χ1v) is 6.85. The van der Waals surface area contributed by atoms with Crippen LogP contribution in [0.3, 0.4) is 0 Å². The number of rotatable bonds is 5. The van der Waals surface area contributed by atoms with E-state index in [1.54, 1.807) is 6.92 Å². The molecule has 7 heteroatoms. The minimum Gasteiger partial charge on any atom is -0.480 e. The molecule has 1 aliphatic rings. The van der Waals surface area contributed by atoms with Gasteiger partial charge in [0.05, 0.1) is 6.04 Å². The van der Waals surface area contributed by atoms with Crippen molar-refractivity contribution < 1.29 is 19.5 Å². The lowest BCUT2D eigenvalue weighted by atomic mass is 10.0. The molecule has 0 spiro atoms. The van der Waals surface area contributed by atoms with E-state index in [0.717, 1.165) is 0 Å². The van der Waals surface area contributed by atoms with Gasteiger partial charge in [0, 0.05) is 6.54 Å². The van der Waals surface area contributed by atoms with Gasteiger partial charge in [0.1, 0.15) is 12.1 Å². The van der Waals surface area contributed by atoms with E-state index < -0.39 is 30.0 Å². The second-order valence-corrected chi connectivity index (χ2v) is 5.53.